The Balaban J connectivity index is 2.01. The van der Waals surface area contributed by atoms with Gasteiger partial charge in [0.15, 0.2) is 11.9 Å². The van der Waals surface area contributed by atoms with Crippen molar-refractivity contribution in [3.63, 3.8) is 0 Å². The molecule has 1 atom stereocenters. The van der Waals surface area contributed by atoms with Gasteiger partial charge in [0, 0.05) is 11.3 Å². The first-order valence-corrected chi connectivity index (χ1v) is 7.70. The number of aromatic hydroxyl groups is 1. The molecular weight excluding hydrogens is 322 g/mol. The molecule has 2 N–H and O–H groups in total. The van der Waals surface area contributed by atoms with Crippen LogP contribution < -0.4 is 5.32 Å². The fourth-order valence-corrected chi connectivity index (χ4v) is 2.12. The third-order valence-corrected chi connectivity index (χ3v) is 3.58. The molecule has 130 valence electrons. The predicted octanol–water partition coefficient (Wildman–Crippen LogP) is 3.09. The molecule has 0 aromatic heterocycles. The lowest BCUT2D eigenvalue weighted by molar-refractivity contribution is -0.123. The van der Waals surface area contributed by atoms with Crippen LogP contribution in [0.5, 0.6) is 5.75 Å². The summed E-state index contributed by atoms with van der Waals surface area (Å²) in [6, 6.07) is 10.9. The number of hydrogen-bond acceptors (Lipinski definition) is 5. The minimum absolute atomic E-state index is 0.00506. The lowest BCUT2D eigenvalue weighted by Gasteiger charge is -2.14. The fourth-order valence-electron chi connectivity index (χ4n) is 2.12. The number of anilines is 1. The lowest BCUT2D eigenvalue weighted by Crippen LogP contribution is -2.30. The van der Waals surface area contributed by atoms with E-state index in [4.69, 9.17) is 4.74 Å². The van der Waals surface area contributed by atoms with Gasteiger partial charge in [-0.25, -0.2) is 4.79 Å². The van der Waals surface area contributed by atoms with Crippen molar-refractivity contribution in [2.24, 2.45) is 0 Å². The number of phenols is 1. The number of amides is 1. The van der Waals surface area contributed by atoms with Gasteiger partial charge in [0.1, 0.15) is 11.3 Å². The molecule has 6 nitrogen and oxygen atoms in total. The summed E-state index contributed by atoms with van der Waals surface area (Å²) in [5.41, 5.74) is 1.81. The largest absolute Gasteiger partial charge is 0.507 e. The number of nitrogens with one attached hydrogen (secondary N) is 1. The highest BCUT2D eigenvalue weighted by Crippen LogP contribution is 2.20. The average Bonchev–Trinajstić information content (AvgIpc) is 2.57. The van der Waals surface area contributed by atoms with Gasteiger partial charge in [-0.05, 0) is 57.2 Å². The van der Waals surface area contributed by atoms with Crippen molar-refractivity contribution >= 4 is 23.3 Å². The van der Waals surface area contributed by atoms with E-state index in [-0.39, 0.29) is 17.1 Å². The highest BCUT2D eigenvalue weighted by molar-refractivity contribution is 5.99. The average molecular weight is 341 g/mol. The molecule has 2 aromatic carbocycles. The van der Waals surface area contributed by atoms with E-state index in [2.05, 4.69) is 5.32 Å². The fraction of sp³-hybridized carbons (Fsp3) is 0.211. The third-order valence-electron chi connectivity index (χ3n) is 3.58. The molecule has 0 saturated heterocycles. The minimum Gasteiger partial charge on any atom is -0.507 e. The van der Waals surface area contributed by atoms with Gasteiger partial charge in [-0.15, -0.1) is 0 Å². The van der Waals surface area contributed by atoms with Gasteiger partial charge in [-0.2, -0.15) is 0 Å². The van der Waals surface area contributed by atoms with E-state index in [9.17, 15) is 19.5 Å². The van der Waals surface area contributed by atoms with E-state index in [0.717, 1.165) is 5.56 Å². The van der Waals surface area contributed by atoms with Crippen LogP contribution in [0, 0.1) is 6.92 Å². The van der Waals surface area contributed by atoms with E-state index in [1.165, 1.54) is 26.0 Å². The molecule has 0 aliphatic heterocycles. The number of phenolic OH excluding ortho intramolecular Hbond substituents is 1. The van der Waals surface area contributed by atoms with Gasteiger partial charge in [-0.1, -0.05) is 11.6 Å². The molecule has 1 amide bonds. The maximum atomic E-state index is 12.1. The number of benzene rings is 2. The van der Waals surface area contributed by atoms with Gasteiger partial charge >= 0.3 is 5.97 Å². The van der Waals surface area contributed by atoms with Crippen LogP contribution in [0.1, 0.15) is 40.1 Å². The number of aryl methyl sites for hydroxylation is 1. The van der Waals surface area contributed by atoms with Crippen molar-refractivity contribution in [2.75, 3.05) is 5.32 Å². The quantitative estimate of drug-likeness (QED) is 0.644. The number of ketones is 1. The number of rotatable bonds is 5. The highest BCUT2D eigenvalue weighted by atomic mass is 16.5. The smallest absolute Gasteiger partial charge is 0.342 e. The molecule has 0 saturated carbocycles. The first-order chi connectivity index (χ1) is 11.8. The summed E-state index contributed by atoms with van der Waals surface area (Å²) in [4.78, 5) is 35.5. The number of ether oxygens (including phenoxy) is 1. The summed E-state index contributed by atoms with van der Waals surface area (Å²) >= 11 is 0. The maximum absolute atomic E-state index is 12.1. The molecule has 0 heterocycles. The van der Waals surface area contributed by atoms with Crippen LogP contribution in [-0.4, -0.2) is 28.9 Å². The van der Waals surface area contributed by atoms with Gasteiger partial charge in [-0.3, -0.25) is 9.59 Å². The summed E-state index contributed by atoms with van der Waals surface area (Å²) in [6.45, 7) is 4.66. The zero-order valence-electron chi connectivity index (χ0n) is 14.2. The maximum Gasteiger partial charge on any atom is 0.342 e. The van der Waals surface area contributed by atoms with Gasteiger partial charge in [0.25, 0.3) is 5.91 Å². The Morgan fingerprint density at radius 2 is 1.72 bits per heavy atom. The van der Waals surface area contributed by atoms with Gasteiger partial charge in [0.2, 0.25) is 0 Å². The van der Waals surface area contributed by atoms with Crippen LogP contribution in [0.3, 0.4) is 0 Å². The second-order valence-corrected chi connectivity index (χ2v) is 5.69. The normalized spacial score (nSPS) is 11.5. The van der Waals surface area contributed by atoms with Crippen molar-refractivity contribution in [1.82, 2.24) is 0 Å². The van der Waals surface area contributed by atoms with E-state index < -0.39 is 18.0 Å². The second kappa shape index (κ2) is 7.61. The first kappa shape index (κ1) is 18.2. The van der Waals surface area contributed by atoms with Gasteiger partial charge < -0.3 is 15.2 Å². The zero-order chi connectivity index (χ0) is 18.6. The predicted molar refractivity (Wildman–Crippen MR) is 92.8 cm³/mol. The summed E-state index contributed by atoms with van der Waals surface area (Å²) in [5.74, 6) is -1.58. The first-order valence-electron chi connectivity index (χ1n) is 7.70. The Morgan fingerprint density at radius 1 is 1.08 bits per heavy atom. The molecule has 2 rings (SSSR count). The molecule has 0 fully saturated rings. The molecule has 2 aromatic rings. The Hall–Kier alpha value is -3.15. The van der Waals surface area contributed by atoms with Crippen LogP contribution in [0.25, 0.3) is 0 Å². The number of carbonyl (C=O) groups is 3. The standard InChI is InChI=1S/C19H19NO5/c1-11-4-9-17(22)16(10-11)19(24)25-13(3)18(23)20-15-7-5-14(6-8-15)12(2)21/h4-10,13,22H,1-3H3,(H,20,23)/t13-/m1/s1. The number of Topliss-reactive ketones (excluding diaryl/α,β-unsaturated/α-hetero) is 1. The minimum atomic E-state index is -1.06. The highest BCUT2D eigenvalue weighted by Gasteiger charge is 2.21. The Bertz CT molecular complexity index is 811. The number of carbonyl (C=O) groups excluding carboxylic acids is 3. The molecule has 25 heavy (non-hydrogen) atoms. The Morgan fingerprint density at radius 3 is 2.32 bits per heavy atom. The summed E-state index contributed by atoms with van der Waals surface area (Å²) in [7, 11) is 0. The van der Waals surface area contributed by atoms with Gasteiger partial charge in [0.05, 0.1) is 0 Å². The van der Waals surface area contributed by atoms with Crippen LogP contribution in [0.15, 0.2) is 42.5 Å². The van der Waals surface area contributed by atoms with E-state index >= 15 is 0 Å². The molecule has 6 heteroatoms. The van der Waals surface area contributed by atoms with Crippen LogP contribution in [-0.2, 0) is 9.53 Å². The van der Waals surface area contributed by atoms with Crippen LogP contribution >= 0.6 is 0 Å². The van der Waals surface area contributed by atoms with E-state index in [0.29, 0.717) is 11.3 Å². The molecule has 0 radical (unpaired) electrons. The molecular formula is C19H19NO5. The number of esters is 1. The lowest BCUT2D eigenvalue weighted by atomic mass is 10.1. The molecule has 0 aliphatic carbocycles. The van der Waals surface area contributed by atoms with Crippen molar-refractivity contribution < 1.29 is 24.2 Å². The SMILES string of the molecule is CC(=O)c1ccc(NC(=O)[C@@H](C)OC(=O)c2cc(C)ccc2O)cc1. The third kappa shape index (κ3) is 4.67. The number of hydrogen-bond donors (Lipinski definition) is 2. The molecule has 0 aliphatic rings. The molecule has 0 bridgehead atoms. The van der Waals surface area contributed by atoms with E-state index in [1.807, 2.05) is 0 Å². The van der Waals surface area contributed by atoms with Crippen LogP contribution in [0.2, 0.25) is 0 Å². The summed E-state index contributed by atoms with van der Waals surface area (Å²) < 4.78 is 5.10. The summed E-state index contributed by atoms with van der Waals surface area (Å²) in [5, 5.41) is 12.3. The molecule has 0 spiro atoms. The Kier molecular flexibility index (Phi) is 5.54. The van der Waals surface area contributed by atoms with Crippen LogP contribution in [0.4, 0.5) is 5.69 Å². The topological polar surface area (TPSA) is 92.7 Å². The van der Waals surface area contributed by atoms with Crippen molar-refractivity contribution in [2.45, 2.75) is 26.9 Å². The second-order valence-electron chi connectivity index (χ2n) is 5.69. The van der Waals surface area contributed by atoms with Crippen molar-refractivity contribution in [3.05, 3.63) is 59.2 Å². The monoisotopic (exact) mass is 341 g/mol. The van der Waals surface area contributed by atoms with Crippen molar-refractivity contribution in [1.29, 1.82) is 0 Å². The van der Waals surface area contributed by atoms with E-state index in [1.54, 1.807) is 37.3 Å². The van der Waals surface area contributed by atoms with Crippen molar-refractivity contribution in [3.8, 4) is 5.75 Å². The summed E-state index contributed by atoms with van der Waals surface area (Å²) in [6.07, 6.45) is -1.06. The Labute approximate surface area is 145 Å². The zero-order valence-corrected chi connectivity index (χ0v) is 14.2. The molecule has 0 unspecified atom stereocenters.